The molecular formula is C23H30N2O. The predicted molar refractivity (Wildman–Crippen MR) is 108 cm³/mol. The van der Waals surface area contributed by atoms with Gasteiger partial charge in [0.1, 0.15) is 0 Å². The van der Waals surface area contributed by atoms with Crippen molar-refractivity contribution in [2.45, 2.75) is 45.1 Å². The Kier molecular flexibility index (Phi) is 6.32. The molecule has 1 saturated heterocycles. The Balaban J connectivity index is 1.76. The average Bonchev–Trinajstić information content (AvgIpc) is 3.21. The summed E-state index contributed by atoms with van der Waals surface area (Å²) in [6.07, 6.45) is 4.41. The number of nitrogens with zero attached hydrogens (tertiary/aromatic N) is 2. The molecule has 0 aromatic heterocycles. The van der Waals surface area contributed by atoms with E-state index in [1.807, 2.05) is 30.1 Å². The molecule has 138 valence electrons. The molecule has 3 heteroatoms. The van der Waals surface area contributed by atoms with Gasteiger partial charge < -0.3 is 9.80 Å². The van der Waals surface area contributed by atoms with Gasteiger partial charge in [0.2, 0.25) is 5.91 Å². The van der Waals surface area contributed by atoms with Crippen molar-refractivity contribution in [1.82, 2.24) is 4.90 Å². The molecule has 1 aliphatic rings. The van der Waals surface area contributed by atoms with Crippen LogP contribution in [-0.4, -0.2) is 30.9 Å². The lowest BCUT2D eigenvalue weighted by molar-refractivity contribution is -0.132. The summed E-state index contributed by atoms with van der Waals surface area (Å²) < 4.78 is 0. The fourth-order valence-electron chi connectivity index (χ4n) is 3.92. The summed E-state index contributed by atoms with van der Waals surface area (Å²) in [5.41, 5.74) is 3.66. The van der Waals surface area contributed by atoms with Crippen LogP contribution in [0.25, 0.3) is 0 Å². The first-order valence-electron chi connectivity index (χ1n) is 9.83. The second-order valence-corrected chi connectivity index (χ2v) is 7.27. The summed E-state index contributed by atoms with van der Waals surface area (Å²) in [6.45, 7) is 5.05. The molecule has 1 aliphatic heterocycles. The van der Waals surface area contributed by atoms with Gasteiger partial charge in [-0.1, -0.05) is 61.9 Å². The Morgan fingerprint density at radius 2 is 1.69 bits per heavy atom. The maximum atomic E-state index is 13.2. The van der Waals surface area contributed by atoms with E-state index < -0.39 is 0 Å². The topological polar surface area (TPSA) is 23.6 Å². The number of anilines is 1. The lowest BCUT2D eigenvalue weighted by atomic mass is 9.93. The third kappa shape index (κ3) is 4.27. The van der Waals surface area contributed by atoms with E-state index >= 15 is 0 Å². The number of likely N-dealkylation sites (N-methyl/N-ethyl adjacent to an activating group) is 1. The Hall–Kier alpha value is -2.29. The highest BCUT2D eigenvalue weighted by molar-refractivity contribution is 5.83. The highest BCUT2D eigenvalue weighted by Crippen LogP contribution is 2.28. The Morgan fingerprint density at radius 1 is 1.04 bits per heavy atom. The molecule has 2 aromatic rings. The van der Waals surface area contributed by atoms with Crippen LogP contribution in [0.1, 0.15) is 49.7 Å². The van der Waals surface area contributed by atoms with Crippen LogP contribution in [0.15, 0.2) is 54.6 Å². The van der Waals surface area contributed by atoms with Gasteiger partial charge in [-0.25, -0.2) is 0 Å². The lowest BCUT2D eigenvalue weighted by Crippen LogP contribution is -2.32. The van der Waals surface area contributed by atoms with Crippen LogP contribution >= 0.6 is 0 Å². The van der Waals surface area contributed by atoms with Crippen LogP contribution in [0.3, 0.4) is 0 Å². The zero-order valence-electron chi connectivity index (χ0n) is 16.0. The molecular weight excluding hydrogens is 320 g/mol. The van der Waals surface area contributed by atoms with Crippen molar-refractivity contribution < 1.29 is 4.79 Å². The lowest BCUT2D eigenvalue weighted by Gasteiger charge is -2.27. The summed E-state index contributed by atoms with van der Waals surface area (Å²) >= 11 is 0. The summed E-state index contributed by atoms with van der Waals surface area (Å²) in [5.74, 6) is 0.166. The summed E-state index contributed by atoms with van der Waals surface area (Å²) in [5, 5.41) is 0. The minimum atomic E-state index is -0.0508. The van der Waals surface area contributed by atoms with E-state index in [1.165, 1.54) is 24.1 Å². The minimum absolute atomic E-state index is 0.0508. The number of amides is 1. The number of carbonyl (C=O) groups excluding carboxylic acids is 1. The fraction of sp³-hybridized carbons (Fsp3) is 0.435. The van der Waals surface area contributed by atoms with Crippen LogP contribution in [0, 0.1) is 0 Å². The monoisotopic (exact) mass is 350 g/mol. The van der Waals surface area contributed by atoms with Gasteiger partial charge >= 0.3 is 0 Å². The molecule has 1 fully saturated rings. The zero-order chi connectivity index (χ0) is 18.4. The van der Waals surface area contributed by atoms with E-state index in [4.69, 9.17) is 0 Å². The summed E-state index contributed by atoms with van der Waals surface area (Å²) in [4.78, 5) is 17.5. The summed E-state index contributed by atoms with van der Waals surface area (Å²) in [6, 6.07) is 18.7. The first-order valence-corrected chi connectivity index (χ1v) is 9.83. The van der Waals surface area contributed by atoms with Crippen LogP contribution < -0.4 is 4.90 Å². The molecule has 1 heterocycles. The maximum absolute atomic E-state index is 13.2. The zero-order valence-corrected chi connectivity index (χ0v) is 16.0. The second-order valence-electron chi connectivity index (χ2n) is 7.27. The van der Waals surface area contributed by atoms with Crippen LogP contribution in [0.2, 0.25) is 0 Å². The molecule has 0 N–H and O–H groups in total. The van der Waals surface area contributed by atoms with Crippen molar-refractivity contribution >= 4 is 11.6 Å². The highest BCUT2D eigenvalue weighted by Gasteiger charge is 2.24. The SMILES string of the molecule is CCCC(C(=O)N(C)Cc1ccccc1N1CCCC1)c1ccccc1. The van der Waals surface area contributed by atoms with Crippen molar-refractivity contribution in [3.8, 4) is 0 Å². The normalized spacial score (nSPS) is 15.1. The minimum Gasteiger partial charge on any atom is -0.371 e. The van der Waals surface area contributed by atoms with Crippen molar-refractivity contribution in [3.05, 3.63) is 65.7 Å². The standard InChI is InChI=1S/C23H30N2O/c1-3-11-21(19-12-5-4-6-13-19)23(26)24(2)18-20-14-7-8-15-22(20)25-16-9-10-17-25/h4-8,12-15,21H,3,9-11,16-18H2,1-2H3. The number of rotatable bonds is 7. The highest BCUT2D eigenvalue weighted by atomic mass is 16.2. The van der Waals surface area contributed by atoms with Crippen molar-refractivity contribution in [1.29, 1.82) is 0 Å². The third-order valence-corrected chi connectivity index (χ3v) is 5.30. The number of benzene rings is 2. The molecule has 3 nitrogen and oxygen atoms in total. The third-order valence-electron chi connectivity index (χ3n) is 5.30. The average molecular weight is 351 g/mol. The molecule has 1 amide bonds. The molecule has 0 radical (unpaired) electrons. The van der Waals surface area contributed by atoms with E-state index in [0.29, 0.717) is 6.54 Å². The largest absolute Gasteiger partial charge is 0.371 e. The molecule has 0 spiro atoms. The van der Waals surface area contributed by atoms with Crippen LogP contribution in [-0.2, 0) is 11.3 Å². The molecule has 0 aliphatic carbocycles. The number of carbonyl (C=O) groups is 1. The first kappa shape index (κ1) is 18.5. The quantitative estimate of drug-likeness (QED) is 0.714. The van der Waals surface area contributed by atoms with Crippen molar-refractivity contribution in [3.63, 3.8) is 0 Å². The molecule has 1 unspecified atom stereocenters. The van der Waals surface area contributed by atoms with E-state index in [2.05, 4.69) is 48.2 Å². The van der Waals surface area contributed by atoms with Crippen molar-refractivity contribution in [2.75, 3.05) is 25.0 Å². The van der Waals surface area contributed by atoms with Crippen LogP contribution in [0.5, 0.6) is 0 Å². The molecule has 1 atom stereocenters. The van der Waals surface area contributed by atoms with E-state index in [9.17, 15) is 4.79 Å². The maximum Gasteiger partial charge on any atom is 0.230 e. The second kappa shape index (κ2) is 8.88. The molecule has 2 aromatic carbocycles. The molecule has 0 saturated carbocycles. The molecule has 3 rings (SSSR count). The summed E-state index contributed by atoms with van der Waals surface area (Å²) in [7, 11) is 1.94. The first-order chi connectivity index (χ1) is 12.7. The van der Waals surface area contributed by atoms with E-state index in [-0.39, 0.29) is 11.8 Å². The van der Waals surface area contributed by atoms with Crippen molar-refractivity contribution in [2.24, 2.45) is 0 Å². The van der Waals surface area contributed by atoms with Gasteiger partial charge in [-0.2, -0.15) is 0 Å². The van der Waals surface area contributed by atoms with E-state index in [1.54, 1.807) is 0 Å². The molecule has 26 heavy (non-hydrogen) atoms. The van der Waals surface area contributed by atoms with Gasteiger partial charge in [0.15, 0.2) is 0 Å². The Morgan fingerprint density at radius 3 is 2.38 bits per heavy atom. The number of hydrogen-bond donors (Lipinski definition) is 0. The number of hydrogen-bond acceptors (Lipinski definition) is 2. The van der Waals surface area contributed by atoms with Gasteiger partial charge in [0.25, 0.3) is 0 Å². The van der Waals surface area contributed by atoms with Crippen LogP contribution in [0.4, 0.5) is 5.69 Å². The smallest absolute Gasteiger partial charge is 0.230 e. The van der Waals surface area contributed by atoms with Gasteiger partial charge in [-0.3, -0.25) is 4.79 Å². The Labute approximate surface area is 157 Å². The van der Waals surface area contributed by atoms with Gasteiger partial charge in [0.05, 0.1) is 5.92 Å². The van der Waals surface area contributed by atoms with E-state index in [0.717, 1.165) is 31.5 Å². The molecule has 0 bridgehead atoms. The van der Waals surface area contributed by atoms with Gasteiger partial charge in [-0.15, -0.1) is 0 Å². The van der Waals surface area contributed by atoms with Gasteiger partial charge in [0, 0.05) is 32.4 Å². The Bertz CT molecular complexity index is 707. The van der Waals surface area contributed by atoms with Gasteiger partial charge in [-0.05, 0) is 36.5 Å². The number of para-hydroxylation sites is 1. The predicted octanol–water partition coefficient (Wildman–Crippen LogP) is 4.83. The fourth-order valence-corrected chi connectivity index (χ4v) is 3.92.